The minimum atomic E-state index is -0.258. The molecule has 1 aliphatic rings. The van der Waals surface area contributed by atoms with Crippen LogP contribution in [0, 0.1) is 0 Å². The molecule has 6 nitrogen and oxygen atoms in total. The Bertz CT molecular complexity index is 1150. The molecule has 2 heterocycles. The lowest BCUT2D eigenvalue weighted by atomic mass is 10.0. The van der Waals surface area contributed by atoms with Crippen molar-refractivity contribution in [2.45, 2.75) is 32.2 Å². The predicted molar refractivity (Wildman–Crippen MR) is 137 cm³/mol. The van der Waals surface area contributed by atoms with E-state index in [0.717, 1.165) is 18.4 Å². The lowest BCUT2D eigenvalue weighted by Crippen LogP contribution is -2.46. The van der Waals surface area contributed by atoms with E-state index in [-0.39, 0.29) is 29.6 Å². The highest BCUT2D eigenvalue weighted by atomic mass is 35.5. The van der Waals surface area contributed by atoms with E-state index in [1.165, 1.54) is 0 Å². The molecular weight excluding hydrogens is 462 g/mol. The molecular formula is C28H30ClN3O3. The van der Waals surface area contributed by atoms with Gasteiger partial charge in [-0.25, -0.2) is 4.98 Å². The van der Waals surface area contributed by atoms with E-state index >= 15 is 0 Å². The second-order valence-corrected chi connectivity index (χ2v) is 8.94. The first-order valence-electron chi connectivity index (χ1n) is 12.0. The van der Waals surface area contributed by atoms with Gasteiger partial charge in [0.15, 0.2) is 0 Å². The number of carbonyl (C=O) groups is 2. The number of para-hydroxylation sites is 1. The van der Waals surface area contributed by atoms with Gasteiger partial charge < -0.3 is 14.5 Å². The van der Waals surface area contributed by atoms with Gasteiger partial charge >= 0.3 is 0 Å². The highest BCUT2D eigenvalue weighted by Gasteiger charge is 2.29. The molecule has 0 spiro atoms. The van der Waals surface area contributed by atoms with Gasteiger partial charge in [0, 0.05) is 25.8 Å². The number of ether oxygens (including phenoxy) is 1. The molecule has 0 saturated heterocycles. The van der Waals surface area contributed by atoms with E-state index in [4.69, 9.17) is 16.3 Å². The summed E-state index contributed by atoms with van der Waals surface area (Å²) in [5.74, 6) is 0.334. The molecule has 4 rings (SSSR count). The van der Waals surface area contributed by atoms with Crippen LogP contribution in [0.3, 0.4) is 0 Å². The van der Waals surface area contributed by atoms with Gasteiger partial charge in [0.2, 0.25) is 0 Å². The van der Waals surface area contributed by atoms with Crippen molar-refractivity contribution in [3.63, 3.8) is 0 Å². The molecule has 35 heavy (non-hydrogen) atoms. The summed E-state index contributed by atoms with van der Waals surface area (Å²) in [5.41, 5.74) is 2.02. The zero-order valence-corrected chi connectivity index (χ0v) is 20.7. The third-order valence-electron chi connectivity index (χ3n) is 6.30. The van der Waals surface area contributed by atoms with Gasteiger partial charge in [0.25, 0.3) is 11.8 Å². The summed E-state index contributed by atoms with van der Waals surface area (Å²) in [5, 5.41) is 0.191. The normalized spacial score (nSPS) is 17.1. The van der Waals surface area contributed by atoms with E-state index in [2.05, 4.69) is 4.98 Å². The molecule has 0 radical (unpaired) electrons. The van der Waals surface area contributed by atoms with Crippen molar-refractivity contribution in [2.24, 2.45) is 0 Å². The first kappa shape index (κ1) is 24.7. The smallest absolute Gasteiger partial charge is 0.257 e. The molecule has 0 bridgehead atoms. The molecule has 7 heteroatoms. The molecule has 2 aromatic carbocycles. The average Bonchev–Trinajstić information content (AvgIpc) is 2.89. The highest BCUT2D eigenvalue weighted by molar-refractivity contribution is 6.32. The molecule has 0 aliphatic carbocycles. The summed E-state index contributed by atoms with van der Waals surface area (Å²) < 4.78 is 6.26. The number of carbonyl (C=O) groups excluding carboxylic acids is 2. The van der Waals surface area contributed by atoms with Crippen molar-refractivity contribution in [3.8, 4) is 5.75 Å². The average molecular weight is 492 g/mol. The van der Waals surface area contributed by atoms with Gasteiger partial charge in [-0.1, -0.05) is 54.1 Å². The summed E-state index contributed by atoms with van der Waals surface area (Å²) in [7, 11) is 0. The van der Waals surface area contributed by atoms with E-state index in [0.29, 0.717) is 42.9 Å². The summed E-state index contributed by atoms with van der Waals surface area (Å²) in [4.78, 5) is 34.7. The number of hydrogen-bond donors (Lipinski definition) is 0. The minimum Gasteiger partial charge on any atom is -0.491 e. The van der Waals surface area contributed by atoms with Crippen LogP contribution in [0.25, 0.3) is 0 Å². The number of benzene rings is 2. The Morgan fingerprint density at radius 3 is 2.54 bits per heavy atom. The van der Waals surface area contributed by atoms with E-state index in [9.17, 15) is 9.59 Å². The Morgan fingerprint density at radius 1 is 1.03 bits per heavy atom. The standard InChI is InChI=1S/C28H30ClN3O3/c1-2-31-17-8-9-18-32(28(34)24-14-10-16-30-26(24)29)22(19-21-11-4-3-5-12-21)20-35-25-15-7-6-13-23(25)27(31)33/h3-7,10-16,22H,2,8-9,17-20H2,1H3/t22-/m0/s1. The largest absolute Gasteiger partial charge is 0.491 e. The van der Waals surface area contributed by atoms with E-state index in [1.807, 2.05) is 65.3 Å². The van der Waals surface area contributed by atoms with Crippen molar-refractivity contribution < 1.29 is 14.3 Å². The van der Waals surface area contributed by atoms with Crippen molar-refractivity contribution in [1.29, 1.82) is 0 Å². The zero-order valence-electron chi connectivity index (χ0n) is 19.9. The fraction of sp³-hybridized carbons (Fsp3) is 0.321. The number of rotatable bonds is 4. The van der Waals surface area contributed by atoms with Crippen LogP contribution in [0.5, 0.6) is 5.75 Å². The molecule has 0 unspecified atom stereocenters. The number of halogens is 1. The zero-order chi connectivity index (χ0) is 24.6. The number of nitrogens with zero attached hydrogens (tertiary/aromatic N) is 3. The topological polar surface area (TPSA) is 62.7 Å². The Morgan fingerprint density at radius 2 is 1.77 bits per heavy atom. The minimum absolute atomic E-state index is 0.0293. The molecule has 2 amide bonds. The number of hydrogen-bond acceptors (Lipinski definition) is 4. The fourth-order valence-electron chi connectivity index (χ4n) is 4.41. The maximum Gasteiger partial charge on any atom is 0.257 e. The van der Waals surface area contributed by atoms with Crippen LogP contribution < -0.4 is 4.74 Å². The van der Waals surface area contributed by atoms with Gasteiger partial charge in [0.05, 0.1) is 17.2 Å². The first-order valence-corrected chi connectivity index (χ1v) is 12.4. The Balaban J connectivity index is 1.71. The van der Waals surface area contributed by atoms with Gasteiger partial charge in [-0.2, -0.15) is 0 Å². The summed E-state index contributed by atoms with van der Waals surface area (Å²) >= 11 is 6.31. The Hall–Kier alpha value is -3.38. The Kier molecular flexibility index (Phi) is 8.37. The number of pyridine rings is 1. The van der Waals surface area contributed by atoms with Crippen LogP contribution >= 0.6 is 11.6 Å². The second-order valence-electron chi connectivity index (χ2n) is 8.58. The molecule has 1 atom stereocenters. The molecule has 1 aliphatic heterocycles. The van der Waals surface area contributed by atoms with Crippen LogP contribution in [0.2, 0.25) is 5.15 Å². The highest BCUT2D eigenvalue weighted by Crippen LogP contribution is 2.24. The van der Waals surface area contributed by atoms with Crippen LogP contribution in [-0.4, -0.2) is 58.9 Å². The fourth-order valence-corrected chi connectivity index (χ4v) is 4.61. The van der Waals surface area contributed by atoms with Crippen molar-refractivity contribution in [3.05, 3.63) is 94.8 Å². The molecule has 0 fully saturated rings. The predicted octanol–water partition coefficient (Wildman–Crippen LogP) is 5.12. The van der Waals surface area contributed by atoms with Crippen molar-refractivity contribution in [2.75, 3.05) is 26.2 Å². The SMILES string of the molecule is CCN1CCCCN(C(=O)c2cccnc2Cl)[C@@H](Cc2ccccc2)COc2ccccc2C1=O. The van der Waals surface area contributed by atoms with Gasteiger partial charge in [-0.05, 0) is 56.0 Å². The van der Waals surface area contributed by atoms with Crippen molar-refractivity contribution in [1.82, 2.24) is 14.8 Å². The number of amides is 2. The quantitative estimate of drug-likeness (QED) is 0.475. The lowest BCUT2D eigenvalue weighted by molar-refractivity contribution is 0.0586. The van der Waals surface area contributed by atoms with Gasteiger partial charge in [-0.15, -0.1) is 0 Å². The molecule has 3 aromatic rings. The van der Waals surface area contributed by atoms with Crippen LogP contribution in [-0.2, 0) is 6.42 Å². The summed E-state index contributed by atoms with van der Waals surface area (Å²) in [6, 6.07) is 20.5. The van der Waals surface area contributed by atoms with Crippen LogP contribution in [0.4, 0.5) is 0 Å². The lowest BCUT2D eigenvalue weighted by Gasteiger charge is -2.33. The summed E-state index contributed by atoms with van der Waals surface area (Å²) in [6.07, 6.45) is 3.72. The number of aromatic nitrogens is 1. The summed E-state index contributed by atoms with van der Waals surface area (Å²) in [6.45, 7) is 3.97. The maximum atomic E-state index is 13.7. The molecule has 182 valence electrons. The first-order chi connectivity index (χ1) is 17.1. The van der Waals surface area contributed by atoms with Gasteiger partial charge in [0.1, 0.15) is 17.5 Å². The maximum absolute atomic E-state index is 13.7. The molecule has 0 N–H and O–H groups in total. The Labute approximate surface area is 211 Å². The second kappa shape index (κ2) is 11.8. The molecule has 1 aromatic heterocycles. The monoisotopic (exact) mass is 491 g/mol. The van der Waals surface area contributed by atoms with Crippen LogP contribution in [0.15, 0.2) is 72.9 Å². The molecule has 0 saturated carbocycles. The third-order valence-corrected chi connectivity index (χ3v) is 6.60. The van der Waals surface area contributed by atoms with Crippen LogP contribution in [0.1, 0.15) is 46.0 Å². The van der Waals surface area contributed by atoms with Crippen molar-refractivity contribution >= 4 is 23.4 Å². The van der Waals surface area contributed by atoms with E-state index in [1.54, 1.807) is 24.4 Å². The van der Waals surface area contributed by atoms with E-state index < -0.39 is 0 Å². The third kappa shape index (κ3) is 6.01. The van der Waals surface area contributed by atoms with Gasteiger partial charge in [-0.3, -0.25) is 9.59 Å². The number of fused-ring (bicyclic) bond motifs is 1.